The van der Waals surface area contributed by atoms with E-state index in [1.807, 2.05) is 36.4 Å². The lowest BCUT2D eigenvalue weighted by atomic mass is 10.1. The molecule has 0 amide bonds. The van der Waals surface area contributed by atoms with Crippen molar-refractivity contribution in [3.8, 4) is 11.5 Å². The molecule has 22 heavy (non-hydrogen) atoms. The zero-order chi connectivity index (χ0) is 15.5. The average Bonchev–Trinajstić information content (AvgIpc) is 2.97. The zero-order valence-corrected chi connectivity index (χ0v) is 12.6. The topological polar surface area (TPSA) is 70.5 Å². The Labute approximate surface area is 128 Å². The van der Waals surface area contributed by atoms with E-state index in [4.69, 9.17) is 19.6 Å². The van der Waals surface area contributed by atoms with Gasteiger partial charge in [-0.15, -0.1) is 0 Å². The van der Waals surface area contributed by atoms with Crippen LogP contribution in [0.2, 0.25) is 0 Å². The van der Waals surface area contributed by atoms with Crippen molar-refractivity contribution in [2.45, 2.75) is 12.8 Å². The third-order valence-corrected chi connectivity index (χ3v) is 3.57. The fourth-order valence-corrected chi connectivity index (χ4v) is 2.41. The van der Waals surface area contributed by atoms with E-state index >= 15 is 0 Å². The molecule has 114 valence electrons. The van der Waals surface area contributed by atoms with Crippen LogP contribution >= 0.6 is 0 Å². The third-order valence-electron chi connectivity index (χ3n) is 3.57. The van der Waals surface area contributed by atoms with Gasteiger partial charge in [0.2, 0.25) is 0 Å². The molecule has 1 aromatic heterocycles. The minimum Gasteiger partial charge on any atom is -0.493 e. The summed E-state index contributed by atoms with van der Waals surface area (Å²) >= 11 is 0. The summed E-state index contributed by atoms with van der Waals surface area (Å²) in [6.45, 7) is 0. The van der Waals surface area contributed by atoms with Crippen LogP contribution < -0.4 is 15.2 Å². The summed E-state index contributed by atoms with van der Waals surface area (Å²) in [5, 5.41) is 0. The predicted molar refractivity (Wildman–Crippen MR) is 85.4 cm³/mol. The minimum atomic E-state index is 0.638. The Morgan fingerprint density at radius 2 is 1.86 bits per heavy atom. The van der Waals surface area contributed by atoms with Crippen LogP contribution in [0.15, 0.2) is 40.8 Å². The van der Waals surface area contributed by atoms with Crippen LogP contribution in [0.25, 0.3) is 11.1 Å². The van der Waals surface area contributed by atoms with E-state index in [0.717, 1.165) is 34.6 Å². The van der Waals surface area contributed by atoms with Crippen molar-refractivity contribution in [2.24, 2.45) is 0 Å². The maximum absolute atomic E-state index is 5.89. The van der Waals surface area contributed by atoms with Crippen molar-refractivity contribution >= 4 is 16.8 Å². The molecule has 0 bridgehead atoms. The van der Waals surface area contributed by atoms with E-state index in [9.17, 15) is 0 Å². The Kier molecular flexibility index (Phi) is 3.87. The number of rotatable bonds is 5. The molecule has 2 aromatic carbocycles. The Balaban J connectivity index is 1.77. The van der Waals surface area contributed by atoms with E-state index < -0.39 is 0 Å². The van der Waals surface area contributed by atoms with Crippen LogP contribution in [0.5, 0.6) is 11.5 Å². The number of fused-ring (bicyclic) bond motifs is 1. The van der Waals surface area contributed by atoms with Gasteiger partial charge in [0.1, 0.15) is 5.52 Å². The van der Waals surface area contributed by atoms with Gasteiger partial charge in [-0.05, 0) is 36.2 Å². The number of benzene rings is 2. The Morgan fingerprint density at radius 3 is 2.59 bits per heavy atom. The number of methoxy groups -OCH3 is 2. The van der Waals surface area contributed by atoms with Crippen molar-refractivity contribution < 1.29 is 13.9 Å². The number of hydrogen-bond acceptors (Lipinski definition) is 5. The number of nitrogens with zero attached hydrogens (tertiary/aromatic N) is 1. The van der Waals surface area contributed by atoms with Gasteiger partial charge in [-0.2, -0.15) is 0 Å². The number of ether oxygens (including phenoxy) is 2. The van der Waals surface area contributed by atoms with E-state index in [0.29, 0.717) is 18.0 Å². The lowest BCUT2D eigenvalue weighted by Gasteiger charge is -2.08. The molecule has 0 spiro atoms. The molecule has 0 radical (unpaired) electrons. The quantitative estimate of drug-likeness (QED) is 0.732. The first-order chi connectivity index (χ1) is 10.7. The Morgan fingerprint density at radius 1 is 1.05 bits per heavy atom. The number of nitrogens with two attached hydrogens (primary N) is 1. The zero-order valence-electron chi connectivity index (χ0n) is 12.6. The molecule has 0 aliphatic rings. The van der Waals surface area contributed by atoms with Gasteiger partial charge in [0.25, 0.3) is 0 Å². The maximum atomic E-state index is 5.89. The van der Waals surface area contributed by atoms with E-state index in [2.05, 4.69) is 4.98 Å². The molecule has 5 nitrogen and oxygen atoms in total. The molecular formula is C17H18N2O3. The summed E-state index contributed by atoms with van der Waals surface area (Å²) < 4.78 is 16.3. The van der Waals surface area contributed by atoms with Crippen LogP contribution in [-0.4, -0.2) is 19.2 Å². The van der Waals surface area contributed by atoms with Gasteiger partial charge < -0.3 is 19.6 Å². The van der Waals surface area contributed by atoms with Gasteiger partial charge >= 0.3 is 0 Å². The standard InChI is InChI=1S/C17H18N2O3/c1-20-13-8-6-11(10-15(13)21-2)7-9-16-19-17-12(18)4-3-5-14(17)22-16/h3-6,8,10H,7,9,18H2,1-2H3. The maximum Gasteiger partial charge on any atom is 0.195 e. The molecule has 3 rings (SSSR count). The number of aromatic nitrogens is 1. The molecular weight excluding hydrogens is 280 g/mol. The van der Waals surface area contributed by atoms with Crippen molar-refractivity contribution in [3.63, 3.8) is 0 Å². The number of hydrogen-bond donors (Lipinski definition) is 1. The van der Waals surface area contributed by atoms with E-state index in [-0.39, 0.29) is 0 Å². The van der Waals surface area contributed by atoms with Gasteiger partial charge in [0.15, 0.2) is 23.0 Å². The molecule has 0 fully saturated rings. The number of oxazole rings is 1. The van der Waals surface area contributed by atoms with Gasteiger partial charge in [-0.3, -0.25) is 0 Å². The minimum absolute atomic E-state index is 0.638. The predicted octanol–water partition coefficient (Wildman–Crippen LogP) is 3.21. The number of anilines is 1. The van der Waals surface area contributed by atoms with Crippen LogP contribution in [0, 0.1) is 0 Å². The summed E-state index contributed by atoms with van der Waals surface area (Å²) in [5.41, 5.74) is 9.11. The summed E-state index contributed by atoms with van der Waals surface area (Å²) in [5.74, 6) is 2.13. The largest absolute Gasteiger partial charge is 0.493 e. The SMILES string of the molecule is COc1ccc(CCc2nc3c(N)cccc3o2)cc1OC. The fourth-order valence-electron chi connectivity index (χ4n) is 2.41. The second-order valence-electron chi connectivity index (χ2n) is 4.99. The number of para-hydroxylation sites is 1. The van der Waals surface area contributed by atoms with Crippen molar-refractivity contribution in [1.29, 1.82) is 0 Å². The smallest absolute Gasteiger partial charge is 0.195 e. The highest BCUT2D eigenvalue weighted by atomic mass is 16.5. The molecule has 5 heteroatoms. The van der Waals surface area contributed by atoms with Gasteiger partial charge in [0, 0.05) is 6.42 Å². The molecule has 0 aliphatic carbocycles. The molecule has 1 heterocycles. The van der Waals surface area contributed by atoms with E-state index in [1.165, 1.54) is 0 Å². The second kappa shape index (κ2) is 5.97. The highest BCUT2D eigenvalue weighted by Crippen LogP contribution is 2.28. The van der Waals surface area contributed by atoms with Gasteiger partial charge in [0.05, 0.1) is 19.9 Å². The molecule has 0 saturated heterocycles. The second-order valence-corrected chi connectivity index (χ2v) is 4.99. The fraction of sp³-hybridized carbons (Fsp3) is 0.235. The normalized spacial score (nSPS) is 10.8. The van der Waals surface area contributed by atoms with Crippen LogP contribution in [-0.2, 0) is 12.8 Å². The average molecular weight is 298 g/mol. The summed E-state index contributed by atoms with van der Waals surface area (Å²) in [6, 6.07) is 11.4. The first-order valence-corrected chi connectivity index (χ1v) is 7.06. The molecule has 0 unspecified atom stereocenters. The third kappa shape index (κ3) is 2.70. The number of nitrogen functional groups attached to an aromatic ring is 1. The van der Waals surface area contributed by atoms with E-state index in [1.54, 1.807) is 14.2 Å². The lowest BCUT2D eigenvalue weighted by Crippen LogP contribution is -1.95. The first kappa shape index (κ1) is 14.3. The molecule has 0 atom stereocenters. The number of aryl methyl sites for hydroxylation is 2. The lowest BCUT2D eigenvalue weighted by molar-refractivity contribution is 0.354. The summed E-state index contributed by atoms with van der Waals surface area (Å²) in [7, 11) is 3.26. The Bertz CT molecular complexity index is 796. The Hall–Kier alpha value is -2.69. The van der Waals surface area contributed by atoms with Crippen LogP contribution in [0.3, 0.4) is 0 Å². The van der Waals surface area contributed by atoms with Crippen molar-refractivity contribution in [3.05, 3.63) is 47.9 Å². The molecule has 2 N–H and O–H groups in total. The van der Waals surface area contributed by atoms with Crippen LogP contribution in [0.4, 0.5) is 5.69 Å². The van der Waals surface area contributed by atoms with Crippen LogP contribution in [0.1, 0.15) is 11.5 Å². The molecule has 0 aliphatic heterocycles. The van der Waals surface area contributed by atoms with Crippen molar-refractivity contribution in [2.75, 3.05) is 20.0 Å². The summed E-state index contributed by atoms with van der Waals surface area (Å²) in [6.07, 6.45) is 1.50. The van der Waals surface area contributed by atoms with Crippen molar-refractivity contribution in [1.82, 2.24) is 4.98 Å². The highest BCUT2D eigenvalue weighted by Gasteiger charge is 2.09. The summed E-state index contributed by atoms with van der Waals surface area (Å²) in [4.78, 5) is 4.46. The highest BCUT2D eigenvalue weighted by molar-refractivity contribution is 5.85. The monoisotopic (exact) mass is 298 g/mol. The molecule has 3 aromatic rings. The first-order valence-electron chi connectivity index (χ1n) is 7.06. The molecule has 0 saturated carbocycles. The van der Waals surface area contributed by atoms with Gasteiger partial charge in [-0.25, -0.2) is 4.98 Å². The van der Waals surface area contributed by atoms with Gasteiger partial charge in [-0.1, -0.05) is 12.1 Å².